The summed E-state index contributed by atoms with van der Waals surface area (Å²) in [6, 6.07) is 0. The second kappa shape index (κ2) is 4.94. The van der Waals surface area contributed by atoms with Gasteiger partial charge < -0.3 is 6.74 Å². The Labute approximate surface area is 84.8 Å². The monoisotopic (exact) mass is 149 g/mol. The maximum absolute atomic E-state index is 10.7. The van der Waals surface area contributed by atoms with E-state index in [0.717, 1.165) is 25.0 Å². The third-order valence-corrected chi connectivity index (χ3v) is 1.45. The summed E-state index contributed by atoms with van der Waals surface area (Å²) < 4.78 is 0. The van der Waals surface area contributed by atoms with Gasteiger partial charge in [0.15, 0.2) is 0 Å². The van der Waals surface area contributed by atoms with Crippen LogP contribution in [0.5, 0.6) is 0 Å². The summed E-state index contributed by atoms with van der Waals surface area (Å²) >= 11 is 0. The van der Waals surface area contributed by atoms with Crippen molar-refractivity contribution in [2.45, 2.75) is 25.7 Å². The minimum atomic E-state index is 0. The number of amides is 1. The molecule has 0 radical (unpaired) electrons. The van der Waals surface area contributed by atoms with Gasteiger partial charge in [-0.2, -0.15) is 0 Å². The van der Waals surface area contributed by atoms with E-state index >= 15 is 0 Å². The van der Waals surface area contributed by atoms with Crippen molar-refractivity contribution >= 4 is 5.91 Å². The molecule has 0 spiro atoms. The van der Waals surface area contributed by atoms with Gasteiger partial charge in [-0.1, -0.05) is 6.58 Å². The molecule has 0 bridgehead atoms. The van der Waals surface area contributed by atoms with Gasteiger partial charge in [0.2, 0.25) is 5.91 Å². The summed E-state index contributed by atoms with van der Waals surface area (Å²) in [6.07, 6.45) is 3.72. The van der Waals surface area contributed by atoms with Crippen molar-refractivity contribution in [3.8, 4) is 0 Å². The number of carbonyl (C=O) groups is 1. The van der Waals surface area contributed by atoms with Crippen molar-refractivity contribution in [2.24, 2.45) is 0 Å². The van der Waals surface area contributed by atoms with Crippen LogP contribution < -0.4 is 34.9 Å². The average Bonchev–Trinajstić information content (AvgIpc) is 1.93. The number of hydrogen-bond donors (Lipinski definition) is 1. The minimum Gasteiger partial charge on any atom is -1.00 e. The Morgan fingerprint density at radius 1 is 1.40 bits per heavy atom. The molecule has 1 rings (SSSR count). The van der Waals surface area contributed by atoms with Crippen molar-refractivity contribution in [1.82, 2.24) is 5.32 Å². The zero-order valence-electron chi connectivity index (χ0n) is 7.44. The van der Waals surface area contributed by atoms with E-state index in [1.165, 1.54) is 0 Å². The van der Waals surface area contributed by atoms with Gasteiger partial charge in [0.1, 0.15) is 0 Å². The SMILES string of the molecule is C=C1CCCCC(=O)N1.[H-].[Na+]. The van der Waals surface area contributed by atoms with Gasteiger partial charge in [-0.15, -0.1) is 0 Å². The van der Waals surface area contributed by atoms with E-state index in [-0.39, 0.29) is 36.9 Å². The largest absolute Gasteiger partial charge is 1.00 e. The molecule has 1 aliphatic heterocycles. The van der Waals surface area contributed by atoms with Crippen LogP contribution in [0.3, 0.4) is 0 Å². The molecule has 1 fully saturated rings. The first kappa shape index (κ1) is 10.2. The fourth-order valence-corrected chi connectivity index (χ4v) is 0.946. The second-order valence-corrected chi connectivity index (χ2v) is 2.36. The fraction of sp³-hybridized carbons (Fsp3) is 0.571. The van der Waals surface area contributed by atoms with Gasteiger partial charge >= 0.3 is 29.6 Å². The molecule has 1 aliphatic rings. The van der Waals surface area contributed by atoms with Crippen LogP contribution in [-0.4, -0.2) is 5.91 Å². The second-order valence-electron chi connectivity index (χ2n) is 2.36. The maximum Gasteiger partial charge on any atom is 1.00 e. The van der Waals surface area contributed by atoms with Gasteiger partial charge in [0.25, 0.3) is 0 Å². The summed E-state index contributed by atoms with van der Waals surface area (Å²) in [5, 5.41) is 2.71. The van der Waals surface area contributed by atoms with Crippen molar-refractivity contribution in [3.63, 3.8) is 0 Å². The van der Waals surface area contributed by atoms with Crippen LogP contribution in [-0.2, 0) is 4.79 Å². The van der Waals surface area contributed by atoms with Gasteiger partial charge in [-0.25, -0.2) is 0 Å². The predicted octanol–water partition coefficient (Wildman–Crippen LogP) is -1.69. The number of rotatable bonds is 0. The topological polar surface area (TPSA) is 29.1 Å². The molecular weight excluding hydrogens is 137 g/mol. The Balaban J connectivity index is 0. The van der Waals surface area contributed by atoms with E-state index in [1.807, 2.05) is 0 Å². The van der Waals surface area contributed by atoms with Crippen LogP contribution in [0.25, 0.3) is 0 Å². The molecule has 1 amide bonds. The first-order valence-corrected chi connectivity index (χ1v) is 3.26. The van der Waals surface area contributed by atoms with Crippen molar-refractivity contribution in [1.29, 1.82) is 0 Å². The molecule has 0 aliphatic carbocycles. The molecule has 10 heavy (non-hydrogen) atoms. The van der Waals surface area contributed by atoms with E-state index in [0.29, 0.717) is 6.42 Å². The Hall–Kier alpha value is 0.210. The molecule has 3 heteroatoms. The maximum atomic E-state index is 10.7. The zero-order chi connectivity index (χ0) is 6.69. The molecule has 0 saturated carbocycles. The van der Waals surface area contributed by atoms with Gasteiger partial charge in [0.05, 0.1) is 0 Å². The molecule has 1 N–H and O–H groups in total. The normalized spacial score (nSPS) is 18.8. The molecule has 2 nitrogen and oxygen atoms in total. The van der Waals surface area contributed by atoms with Crippen LogP contribution in [0.15, 0.2) is 12.3 Å². The molecule has 1 heterocycles. The van der Waals surface area contributed by atoms with E-state index < -0.39 is 0 Å². The molecule has 0 aromatic heterocycles. The molecule has 0 aromatic rings. The van der Waals surface area contributed by atoms with Crippen LogP contribution >= 0.6 is 0 Å². The standard InChI is InChI=1S/C7H11NO.Na.H/c1-6-4-2-3-5-7(9)8-6;;/h1-5H2,(H,8,9);;/q;+1;-1. The summed E-state index contributed by atoms with van der Waals surface area (Å²) in [7, 11) is 0. The van der Waals surface area contributed by atoms with E-state index in [4.69, 9.17) is 0 Å². The van der Waals surface area contributed by atoms with Crippen LogP contribution in [0.2, 0.25) is 0 Å². The first-order chi connectivity index (χ1) is 4.29. The smallest absolute Gasteiger partial charge is 1.00 e. The quantitative estimate of drug-likeness (QED) is 0.409. The summed E-state index contributed by atoms with van der Waals surface area (Å²) in [5.41, 5.74) is 0.873. The minimum absolute atomic E-state index is 0. The number of carbonyl (C=O) groups excluding carboxylic acids is 1. The molecule has 0 unspecified atom stereocenters. The fourth-order valence-electron chi connectivity index (χ4n) is 0.946. The number of nitrogens with one attached hydrogen (secondary N) is 1. The molecule has 52 valence electrons. The van der Waals surface area contributed by atoms with Crippen molar-refractivity contribution < 1.29 is 35.8 Å². The predicted molar refractivity (Wildman–Crippen MR) is 36.9 cm³/mol. The van der Waals surface area contributed by atoms with Gasteiger partial charge in [-0.3, -0.25) is 4.79 Å². The summed E-state index contributed by atoms with van der Waals surface area (Å²) in [4.78, 5) is 10.7. The molecular formula is C7H12NNaO. The summed E-state index contributed by atoms with van der Waals surface area (Å²) in [5.74, 6) is 0.123. The zero-order valence-corrected chi connectivity index (χ0v) is 8.44. The molecule has 0 atom stereocenters. The average molecular weight is 149 g/mol. The van der Waals surface area contributed by atoms with E-state index in [2.05, 4.69) is 11.9 Å². The van der Waals surface area contributed by atoms with E-state index in [1.54, 1.807) is 0 Å². The Bertz CT molecular complexity index is 133. The molecule has 1 saturated heterocycles. The number of allylic oxidation sites excluding steroid dienone is 1. The van der Waals surface area contributed by atoms with Crippen LogP contribution in [0, 0.1) is 0 Å². The van der Waals surface area contributed by atoms with Crippen molar-refractivity contribution in [2.75, 3.05) is 0 Å². The van der Waals surface area contributed by atoms with Gasteiger partial charge in [-0.05, 0) is 19.3 Å². The third-order valence-electron chi connectivity index (χ3n) is 1.45. The summed E-state index contributed by atoms with van der Waals surface area (Å²) in [6.45, 7) is 3.69. The third kappa shape index (κ3) is 3.40. The Morgan fingerprint density at radius 2 is 2.00 bits per heavy atom. The Kier molecular flexibility index (Phi) is 5.04. The Morgan fingerprint density at radius 3 is 2.70 bits per heavy atom. The first-order valence-electron chi connectivity index (χ1n) is 3.26. The van der Waals surface area contributed by atoms with Gasteiger partial charge in [0, 0.05) is 12.1 Å². The molecule has 0 aromatic carbocycles. The van der Waals surface area contributed by atoms with Crippen LogP contribution in [0.1, 0.15) is 27.1 Å². The van der Waals surface area contributed by atoms with Crippen molar-refractivity contribution in [3.05, 3.63) is 12.3 Å². The number of hydrogen-bond acceptors (Lipinski definition) is 1. The van der Waals surface area contributed by atoms with E-state index in [9.17, 15) is 4.79 Å². The van der Waals surface area contributed by atoms with Crippen LogP contribution in [0.4, 0.5) is 0 Å².